The van der Waals surface area contributed by atoms with Gasteiger partial charge in [-0.05, 0) is 36.3 Å². The summed E-state index contributed by atoms with van der Waals surface area (Å²) in [6.45, 7) is 12.4. The molecule has 2 heterocycles. The van der Waals surface area contributed by atoms with Gasteiger partial charge in [-0.1, -0.05) is 27.7 Å². The molecular formula is C17H29N3. The molecule has 0 aliphatic carbocycles. The van der Waals surface area contributed by atoms with E-state index in [1.807, 2.05) is 12.4 Å². The van der Waals surface area contributed by atoms with Gasteiger partial charge >= 0.3 is 0 Å². The molecule has 1 aromatic heterocycles. The molecule has 0 aromatic carbocycles. The Morgan fingerprint density at radius 2 is 2.10 bits per heavy atom. The summed E-state index contributed by atoms with van der Waals surface area (Å²) in [6, 6.07) is 2.67. The molecule has 1 aliphatic rings. The van der Waals surface area contributed by atoms with Crippen molar-refractivity contribution in [2.45, 2.75) is 59.5 Å². The van der Waals surface area contributed by atoms with Crippen LogP contribution in [0.1, 0.15) is 52.5 Å². The predicted molar refractivity (Wildman–Crippen MR) is 86.1 cm³/mol. The summed E-state index contributed by atoms with van der Waals surface area (Å²) in [5, 5.41) is 3.52. The van der Waals surface area contributed by atoms with Gasteiger partial charge < -0.3 is 10.2 Å². The largest absolute Gasteiger partial charge is 0.370 e. The fourth-order valence-corrected chi connectivity index (χ4v) is 2.83. The highest BCUT2D eigenvalue weighted by atomic mass is 15.1. The molecule has 0 unspecified atom stereocenters. The lowest BCUT2D eigenvalue weighted by atomic mass is 9.85. The zero-order chi connectivity index (χ0) is 14.6. The van der Waals surface area contributed by atoms with E-state index in [4.69, 9.17) is 0 Å². The molecule has 20 heavy (non-hydrogen) atoms. The smallest absolute Gasteiger partial charge is 0.0598 e. The van der Waals surface area contributed by atoms with Crippen LogP contribution in [0.5, 0.6) is 0 Å². The highest BCUT2D eigenvalue weighted by Crippen LogP contribution is 2.32. The molecule has 1 N–H and O–H groups in total. The summed E-state index contributed by atoms with van der Waals surface area (Å²) in [6.07, 6.45) is 7.81. The first-order valence-corrected chi connectivity index (χ1v) is 7.89. The maximum absolute atomic E-state index is 4.35. The minimum absolute atomic E-state index is 0.479. The lowest BCUT2D eigenvalue weighted by molar-refractivity contribution is 0.325. The van der Waals surface area contributed by atoms with E-state index >= 15 is 0 Å². The fraction of sp³-hybridized carbons (Fsp3) is 0.706. The van der Waals surface area contributed by atoms with Gasteiger partial charge in [0.15, 0.2) is 0 Å². The van der Waals surface area contributed by atoms with Crippen LogP contribution in [0.4, 0.5) is 5.69 Å². The maximum Gasteiger partial charge on any atom is 0.0598 e. The van der Waals surface area contributed by atoms with E-state index < -0.39 is 0 Å². The van der Waals surface area contributed by atoms with Gasteiger partial charge in [-0.2, -0.15) is 0 Å². The quantitative estimate of drug-likeness (QED) is 0.910. The lowest BCUT2D eigenvalue weighted by Crippen LogP contribution is -2.28. The third kappa shape index (κ3) is 4.20. The number of rotatable bonds is 4. The Labute approximate surface area is 123 Å². The number of anilines is 1. The van der Waals surface area contributed by atoms with E-state index in [1.54, 1.807) is 0 Å². The molecule has 1 fully saturated rings. The van der Waals surface area contributed by atoms with Gasteiger partial charge in [-0.25, -0.2) is 0 Å². The van der Waals surface area contributed by atoms with Crippen LogP contribution in [-0.2, 0) is 6.54 Å². The molecule has 0 spiro atoms. The van der Waals surface area contributed by atoms with Gasteiger partial charge in [0, 0.05) is 31.9 Å². The molecule has 0 radical (unpaired) electrons. The molecule has 0 amide bonds. The van der Waals surface area contributed by atoms with Crippen LogP contribution in [0, 0.1) is 5.41 Å². The second-order valence-corrected chi connectivity index (χ2v) is 7.04. The van der Waals surface area contributed by atoms with Crippen molar-refractivity contribution in [2.75, 3.05) is 18.0 Å². The predicted octanol–water partition coefficient (Wildman–Crippen LogP) is 3.60. The first-order chi connectivity index (χ1) is 9.48. The molecule has 3 heteroatoms. The van der Waals surface area contributed by atoms with Crippen LogP contribution < -0.4 is 10.2 Å². The van der Waals surface area contributed by atoms with Gasteiger partial charge in [0.1, 0.15) is 0 Å². The Kier molecular flexibility index (Phi) is 5.03. The number of hydrogen-bond donors (Lipinski definition) is 1. The third-order valence-corrected chi connectivity index (χ3v) is 4.27. The van der Waals surface area contributed by atoms with E-state index in [2.05, 4.69) is 49.0 Å². The molecule has 0 bridgehead atoms. The molecule has 2 rings (SSSR count). The number of aromatic nitrogens is 1. The van der Waals surface area contributed by atoms with Gasteiger partial charge in [-0.3, -0.25) is 4.98 Å². The Morgan fingerprint density at radius 3 is 2.85 bits per heavy atom. The van der Waals surface area contributed by atoms with Crippen molar-refractivity contribution in [3.05, 3.63) is 24.0 Å². The highest BCUT2D eigenvalue weighted by Gasteiger charge is 2.24. The zero-order valence-electron chi connectivity index (χ0n) is 13.4. The summed E-state index contributed by atoms with van der Waals surface area (Å²) in [7, 11) is 0. The maximum atomic E-state index is 4.35. The number of nitrogens with one attached hydrogen (secondary N) is 1. The Bertz CT molecular complexity index is 426. The van der Waals surface area contributed by atoms with Crippen LogP contribution in [0.3, 0.4) is 0 Å². The summed E-state index contributed by atoms with van der Waals surface area (Å²) < 4.78 is 0. The average molecular weight is 275 g/mol. The summed E-state index contributed by atoms with van der Waals surface area (Å²) in [4.78, 5) is 6.87. The molecule has 112 valence electrons. The minimum Gasteiger partial charge on any atom is -0.370 e. The van der Waals surface area contributed by atoms with Crippen molar-refractivity contribution in [1.29, 1.82) is 0 Å². The molecule has 0 saturated carbocycles. The summed E-state index contributed by atoms with van der Waals surface area (Å²) in [5.41, 5.74) is 3.17. The van der Waals surface area contributed by atoms with Gasteiger partial charge in [0.25, 0.3) is 0 Å². The van der Waals surface area contributed by atoms with Crippen molar-refractivity contribution >= 4 is 5.69 Å². The van der Waals surface area contributed by atoms with Crippen LogP contribution >= 0.6 is 0 Å². The number of hydrogen-bond acceptors (Lipinski definition) is 3. The second-order valence-electron chi connectivity index (χ2n) is 7.04. The van der Waals surface area contributed by atoms with Crippen molar-refractivity contribution < 1.29 is 0 Å². The van der Waals surface area contributed by atoms with E-state index in [0.717, 1.165) is 19.6 Å². The standard InChI is InChI=1S/C17H29N3/c1-14(2)19-12-15-6-9-18-13-16(15)20-10-5-7-17(3,4)8-11-20/h6,9,13-14,19H,5,7-8,10-12H2,1-4H3. The van der Waals surface area contributed by atoms with E-state index in [0.29, 0.717) is 11.5 Å². The summed E-state index contributed by atoms with van der Waals surface area (Å²) >= 11 is 0. The molecule has 1 saturated heterocycles. The normalized spacial score (nSPS) is 19.1. The first kappa shape index (κ1) is 15.3. The Balaban J connectivity index is 2.11. The highest BCUT2D eigenvalue weighted by molar-refractivity contribution is 5.51. The lowest BCUT2D eigenvalue weighted by Gasteiger charge is -2.26. The van der Waals surface area contributed by atoms with Crippen LogP contribution in [-0.4, -0.2) is 24.1 Å². The monoisotopic (exact) mass is 275 g/mol. The SMILES string of the molecule is CC(C)NCc1ccncc1N1CCCC(C)(C)CC1. The average Bonchev–Trinajstić information content (AvgIpc) is 2.58. The van der Waals surface area contributed by atoms with E-state index in [-0.39, 0.29) is 0 Å². The minimum atomic E-state index is 0.479. The van der Waals surface area contributed by atoms with Gasteiger partial charge in [0.2, 0.25) is 0 Å². The van der Waals surface area contributed by atoms with Gasteiger partial charge in [0.05, 0.1) is 11.9 Å². The van der Waals surface area contributed by atoms with Crippen molar-refractivity contribution in [3.8, 4) is 0 Å². The first-order valence-electron chi connectivity index (χ1n) is 7.89. The Morgan fingerprint density at radius 1 is 1.30 bits per heavy atom. The van der Waals surface area contributed by atoms with Crippen LogP contribution in [0.15, 0.2) is 18.5 Å². The van der Waals surface area contributed by atoms with Crippen molar-refractivity contribution in [2.24, 2.45) is 5.41 Å². The molecule has 0 atom stereocenters. The number of pyridine rings is 1. The van der Waals surface area contributed by atoms with Crippen molar-refractivity contribution in [1.82, 2.24) is 10.3 Å². The molecule has 3 nitrogen and oxygen atoms in total. The molecule has 1 aromatic rings. The third-order valence-electron chi connectivity index (χ3n) is 4.27. The van der Waals surface area contributed by atoms with E-state index in [1.165, 1.54) is 30.5 Å². The number of nitrogens with zero attached hydrogens (tertiary/aromatic N) is 2. The van der Waals surface area contributed by atoms with E-state index in [9.17, 15) is 0 Å². The molecule has 1 aliphatic heterocycles. The zero-order valence-corrected chi connectivity index (χ0v) is 13.4. The topological polar surface area (TPSA) is 28.2 Å². The Hall–Kier alpha value is -1.09. The fourth-order valence-electron chi connectivity index (χ4n) is 2.83. The molecular weight excluding hydrogens is 246 g/mol. The van der Waals surface area contributed by atoms with Crippen LogP contribution in [0.25, 0.3) is 0 Å². The second kappa shape index (κ2) is 6.57. The van der Waals surface area contributed by atoms with Crippen LogP contribution in [0.2, 0.25) is 0 Å². The van der Waals surface area contributed by atoms with Crippen molar-refractivity contribution in [3.63, 3.8) is 0 Å². The van der Waals surface area contributed by atoms with Gasteiger partial charge in [-0.15, -0.1) is 0 Å². The summed E-state index contributed by atoms with van der Waals surface area (Å²) in [5.74, 6) is 0.